The lowest BCUT2D eigenvalue weighted by molar-refractivity contribution is -0.114. The lowest BCUT2D eigenvalue weighted by Crippen LogP contribution is -2.09. The van der Waals surface area contributed by atoms with E-state index in [1.54, 1.807) is 7.11 Å². The van der Waals surface area contributed by atoms with Gasteiger partial charge in [-0.25, -0.2) is 0 Å². The topological polar surface area (TPSA) is 26.3 Å². The lowest BCUT2D eigenvalue weighted by atomic mass is 10.1. The summed E-state index contributed by atoms with van der Waals surface area (Å²) in [5.41, 5.74) is 1.87. The molecule has 2 heteroatoms. The monoisotopic (exact) mass is 202 g/mol. The minimum Gasteiger partial charge on any atom is -0.377 e. The fourth-order valence-corrected chi connectivity index (χ4v) is 1.89. The van der Waals surface area contributed by atoms with Gasteiger partial charge in [-0.1, -0.05) is 30.3 Å². The minimum absolute atomic E-state index is 0.0160. The fraction of sp³-hybridized carbons (Fsp3) is 0.308. The number of carbonyl (C=O) groups excluding carboxylic acids is 1. The number of carbonyl (C=O) groups is 1. The normalized spacial score (nSPS) is 23.7. The first kappa shape index (κ1) is 10.1. The maximum absolute atomic E-state index is 11.6. The second-order valence-electron chi connectivity index (χ2n) is 3.70. The Morgan fingerprint density at radius 2 is 2.07 bits per heavy atom. The lowest BCUT2D eigenvalue weighted by Gasteiger charge is -2.07. The van der Waals surface area contributed by atoms with Gasteiger partial charge in [0.25, 0.3) is 0 Å². The van der Waals surface area contributed by atoms with Crippen molar-refractivity contribution in [1.82, 2.24) is 0 Å². The van der Waals surface area contributed by atoms with Gasteiger partial charge in [-0.2, -0.15) is 0 Å². The number of ether oxygens (including phenoxy) is 1. The maximum Gasteiger partial charge on any atom is 0.161 e. The molecule has 0 radical (unpaired) electrons. The molecule has 0 saturated heterocycles. The van der Waals surface area contributed by atoms with E-state index in [4.69, 9.17) is 4.74 Å². The highest BCUT2D eigenvalue weighted by Crippen LogP contribution is 2.25. The van der Waals surface area contributed by atoms with E-state index in [0.717, 1.165) is 17.6 Å². The molecule has 1 saturated carbocycles. The van der Waals surface area contributed by atoms with Gasteiger partial charge in [-0.05, 0) is 18.1 Å². The van der Waals surface area contributed by atoms with Crippen LogP contribution in [0.25, 0.3) is 6.08 Å². The smallest absolute Gasteiger partial charge is 0.161 e. The Morgan fingerprint density at radius 1 is 1.33 bits per heavy atom. The summed E-state index contributed by atoms with van der Waals surface area (Å²) in [6.07, 6.45) is 3.34. The van der Waals surface area contributed by atoms with E-state index in [1.807, 2.05) is 36.4 Å². The molecule has 78 valence electrons. The highest BCUT2D eigenvalue weighted by molar-refractivity contribution is 6.02. The molecule has 1 aromatic carbocycles. The first-order valence-corrected chi connectivity index (χ1v) is 5.14. The van der Waals surface area contributed by atoms with Crippen LogP contribution in [0.1, 0.15) is 18.4 Å². The number of hydrogen-bond donors (Lipinski definition) is 0. The molecule has 1 atom stereocenters. The quantitative estimate of drug-likeness (QED) is 0.688. The third-order valence-electron chi connectivity index (χ3n) is 2.71. The van der Waals surface area contributed by atoms with Crippen molar-refractivity contribution in [2.45, 2.75) is 18.9 Å². The number of benzene rings is 1. The van der Waals surface area contributed by atoms with Gasteiger partial charge in [0.2, 0.25) is 0 Å². The highest BCUT2D eigenvalue weighted by Gasteiger charge is 2.27. The second-order valence-corrected chi connectivity index (χ2v) is 3.70. The summed E-state index contributed by atoms with van der Waals surface area (Å²) in [5.74, 6) is 0.214. The van der Waals surface area contributed by atoms with E-state index in [-0.39, 0.29) is 11.9 Å². The Balaban J connectivity index is 2.29. The zero-order valence-corrected chi connectivity index (χ0v) is 8.77. The van der Waals surface area contributed by atoms with Crippen LogP contribution in [0.2, 0.25) is 0 Å². The number of Topliss-reactive ketones (excluding diaryl/α,β-unsaturated/α-hetero) is 1. The molecule has 0 aromatic heterocycles. The van der Waals surface area contributed by atoms with Crippen LogP contribution in [0, 0.1) is 0 Å². The van der Waals surface area contributed by atoms with E-state index in [0.29, 0.717) is 6.42 Å². The van der Waals surface area contributed by atoms with Gasteiger partial charge < -0.3 is 4.74 Å². The summed E-state index contributed by atoms with van der Waals surface area (Å²) in [5, 5.41) is 0. The first-order valence-electron chi connectivity index (χ1n) is 5.14. The zero-order chi connectivity index (χ0) is 10.7. The molecular formula is C13H14O2. The van der Waals surface area contributed by atoms with Crippen molar-refractivity contribution in [3.63, 3.8) is 0 Å². The Labute approximate surface area is 89.6 Å². The summed E-state index contributed by atoms with van der Waals surface area (Å²) in [4.78, 5) is 11.6. The summed E-state index contributed by atoms with van der Waals surface area (Å²) in [6.45, 7) is 0. The van der Waals surface area contributed by atoms with E-state index >= 15 is 0 Å². The predicted octanol–water partition coefficient (Wildman–Crippen LogP) is 2.45. The second kappa shape index (κ2) is 4.41. The van der Waals surface area contributed by atoms with Crippen molar-refractivity contribution in [2.24, 2.45) is 0 Å². The van der Waals surface area contributed by atoms with Gasteiger partial charge in [0.1, 0.15) is 0 Å². The Hall–Kier alpha value is -1.41. The number of hydrogen-bond acceptors (Lipinski definition) is 2. The number of ketones is 1. The molecule has 0 N–H and O–H groups in total. The van der Waals surface area contributed by atoms with Crippen LogP contribution in [-0.4, -0.2) is 19.0 Å². The Morgan fingerprint density at radius 3 is 2.73 bits per heavy atom. The third-order valence-corrected chi connectivity index (χ3v) is 2.71. The molecule has 1 aromatic rings. The predicted molar refractivity (Wildman–Crippen MR) is 59.5 cm³/mol. The van der Waals surface area contributed by atoms with Crippen LogP contribution < -0.4 is 0 Å². The van der Waals surface area contributed by atoms with Crippen molar-refractivity contribution in [3.05, 3.63) is 41.5 Å². The van der Waals surface area contributed by atoms with Gasteiger partial charge in [0, 0.05) is 19.1 Å². The Bertz CT molecular complexity index is 379. The fourth-order valence-electron chi connectivity index (χ4n) is 1.89. The number of methoxy groups -OCH3 is 1. The van der Waals surface area contributed by atoms with Gasteiger partial charge in [0.15, 0.2) is 5.78 Å². The van der Waals surface area contributed by atoms with Crippen molar-refractivity contribution >= 4 is 11.9 Å². The molecule has 2 rings (SSSR count). The molecule has 15 heavy (non-hydrogen) atoms. The maximum atomic E-state index is 11.6. The van der Waals surface area contributed by atoms with Crippen molar-refractivity contribution in [1.29, 1.82) is 0 Å². The molecule has 1 fully saturated rings. The molecular weight excluding hydrogens is 188 g/mol. The van der Waals surface area contributed by atoms with Gasteiger partial charge in [-0.15, -0.1) is 0 Å². The summed E-state index contributed by atoms with van der Waals surface area (Å²) in [6, 6.07) is 9.88. The number of rotatable bonds is 2. The average Bonchev–Trinajstić information content (AvgIpc) is 2.62. The van der Waals surface area contributed by atoms with Crippen molar-refractivity contribution in [3.8, 4) is 0 Å². The molecule has 1 aliphatic carbocycles. The van der Waals surface area contributed by atoms with Crippen LogP contribution in [0.15, 0.2) is 35.9 Å². The van der Waals surface area contributed by atoms with Gasteiger partial charge >= 0.3 is 0 Å². The van der Waals surface area contributed by atoms with E-state index in [2.05, 4.69) is 0 Å². The van der Waals surface area contributed by atoms with Crippen LogP contribution in [0.3, 0.4) is 0 Å². The first-order chi connectivity index (χ1) is 7.31. The third kappa shape index (κ3) is 2.16. The highest BCUT2D eigenvalue weighted by atomic mass is 16.5. The van der Waals surface area contributed by atoms with Crippen molar-refractivity contribution < 1.29 is 9.53 Å². The SMILES string of the molecule is COC1CCC(=O)C1=Cc1ccccc1. The Kier molecular flexibility index (Phi) is 2.97. The summed E-state index contributed by atoms with van der Waals surface area (Å²) < 4.78 is 5.28. The van der Waals surface area contributed by atoms with Crippen LogP contribution in [0.5, 0.6) is 0 Å². The minimum atomic E-state index is -0.0160. The van der Waals surface area contributed by atoms with Crippen LogP contribution in [0.4, 0.5) is 0 Å². The van der Waals surface area contributed by atoms with Crippen molar-refractivity contribution in [2.75, 3.05) is 7.11 Å². The standard InChI is InChI=1S/C13H14O2/c1-15-13-8-7-12(14)11(13)9-10-5-3-2-4-6-10/h2-6,9,13H,7-8H2,1H3. The van der Waals surface area contributed by atoms with Crippen LogP contribution >= 0.6 is 0 Å². The average molecular weight is 202 g/mol. The summed E-state index contributed by atoms with van der Waals surface area (Å²) >= 11 is 0. The zero-order valence-electron chi connectivity index (χ0n) is 8.77. The molecule has 0 heterocycles. The van der Waals surface area contributed by atoms with E-state index in [1.165, 1.54) is 0 Å². The molecule has 1 unspecified atom stereocenters. The molecule has 0 bridgehead atoms. The molecule has 2 nitrogen and oxygen atoms in total. The van der Waals surface area contributed by atoms with E-state index in [9.17, 15) is 4.79 Å². The van der Waals surface area contributed by atoms with Crippen LogP contribution in [-0.2, 0) is 9.53 Å². The van der Waals surface area contributed by atoms with Gasteiger partial charge in [-0.3, -0.25) is 4.79 Å². The molecule has 0 amide bonds. The molecule has 1 aliphatic rings. The molecule has 0 spiro atoms. The summed E-state index contributed by atoms with van der Waals surface area (Å²) in [7, 11) is 1.65. The molecule has 0 aliphatic heterocycles. The largest absolute Gasteiger partial charge is 0.377 e. The van der Waals surface area contributed by atoms with E-state index < -0.39 is 0 Å². The van der Waals surface area contributed by atoms with Gasteiger partial charge in [0.05, 0.1) is 6.10 Å².